The normalized spacial score (nSPS) is 11.1. The molecule has 0 amide bonds. The van der Waals surface area contributed by atoms with Crippen LogP contribution >= 0.6 is 0 Å². The Bertz CT molecular complexity index is 669. The predicted octanol–water partition coefficient (Wildman–Crippen LogP) is 3.77. The summed E-state index contributed by atoms with van der Waals surface area (Å²) >= 11 is 0. The van der Waals surface area contributed by atoms with Gasteiger partial charge in [0.2, 0.25) is 0 Å². The third kappa shape index (κ3) is 3.47. The fraction of sp³-hybridized carbons (Fsp3) is 0.421. The van der Waals surface area contributed by atoms with Gasteiger partial charge in [-0.25, -0.2) is 0 Å². The van der Waals surface area contributed by atoms with Gasteiger partial charge < -0.3 is 9.88 Å². The van der Waals surface area contributed by atoms with Crippen molar-refractivity contribution < 1.29 is 0 Å². The third-order valence-corrected chi connectivity index (χ3v) is 4.01. The minimum Gasteiger partial charge on any atom is -0.313 e. The molecule has 0 unspecified atom stereocenters. The van der Waals surface area contributed by atoms with Gasteiger partial charge in [0.15, 0.2) is 0 Å². The summed E-state index contributed by atoms with van der Waals surface area (Å²) in [7, 11) is 0. The number of rotatable bonds is 6. The van der Waals surface area contributed by atoms with Crippen LogP contribution < -0.4 is 10.9 Å². The standard InChI is InChI=1S/C19H26N2O/c1-5-20-13-17-11-12-18(21(6-2)19(17)22)16-9-7-15(8-10-16)14(3)4/h7-12,14,20H,5-6,13H2,1-4H3. The first-order chi connectivity index (χ1) is 10.6. The molecule has 0 spiro atoms. The molecule has 1 heterocycles. The highest BCUT2D eigenvalue weighted by atomic mass is 16.1. The van der Waals surface area contributed by atoms with E-state index in [0.717, 1.165) is 23.4 Å². The van der Waals surface area contributed by atoms with Crippen LogP contribution in [0.3, 0.4) is 0 Å². The number of hydrogen-bond acceptors (Lipinski definition) is 2. The summed E-state index contributed by atoms with van der Waals surface area (Å²) in [4.78, 5) is 12.6. The quantitative estimate of drug-likeness (QED) is 0.881. The van der Waals surface area contributed by atoms with Crippen LogP contribution in [0.1, 0.15) is 44.7 Å². The lowest BCUT2D eigenvalue weighted by Gasteiger charge is -2.14. The number of nitrogens with one attached hydrogen (secondary N) is 1. The van der Waals surface area contributed by atoms with Crippen LogP contribution in [0.25, 0.3) is 11.3 Å². The van der Waals surface area contributed by atoms with Gasteiger partial charge in [0, 0.05) is 18.7 Å². The molecule has 3 heteroatoms. The summed E-state index contributed by atoms with van der Waals surface area (Å²) in [6.45, 7) is 10.6. The molecule has 0 aliphatic carbocycles. The van der Waals surface area contributed by atoms with Crippen LogP contribution in [0.4, 0.5) is 0 Å². The zero-order valence-corrected chi connectivity index (χ0v) is 14.0. The Morgan fingerprint density at radius 1 is 1.05 bits per heavy atom. The van der Waals surface area contributed by atoms with Crippen molar-refractivity contribution in [1.82, 2.24) is 9.88 Å². The molecule has 2 rings (SSSR count). The average molecular weight is 298 g/mol. The molecule has 1 aromatic heterocycles. The van der Waals surface area contributed by atoms with Crippen LogP contribution in [-0.2, 0) is 13.1 Å². The Labute approximate surface area is 133 Å². The molecule has 2 aromatic rings. The summed E-state index contributed by atoms with van der Waals surface area (Å²) in [5, 5.41) is 3.22. The summed E-state index contributed by atoms with van der Waals surface area (Å²) < 4.78 is 1.86. The van der Waals surface area contributed by atoms with Crippen molar-refractivity contribution in [1.29, 1.82) is 0 Å². The zero-order valence-electron chi connectivity index (χ0n) is 14.0. The van der Waals surface area contributed by atoms with Crippen molar-refractivity contribution in [2.24, 2.45) is 0 Å². The van der Waals surface area contributed by atoms with E-state index >= 15 is 0 Å². The maximum Gasteiger partial charge on any atom is 0.255 e. The fourth-order valence-electron chi connectivity index (χ4n) is 2.62. The van der Waals surface area contributed by atoms with E-state index in [1.165, 1.54) is 5.56 Å². The second-order valence-corrected chi connectivity index (χ2v) is 5.85. The van der Waals surface area contributed by atoms with Gasteiger partial charge >= 0.3 is 0 Å². The first kappa shape index (κ1) is 16.5. The van der Waals surface area contributed by atoms with Gasteiger partial charge in [0.1, 0.15) is 0 Å². The van der Waals surface area contributed by atoms with Crippen molar-refractivity contribution in [3.8, 4) is 11.3 Å². The van der Waals surface area contributed by atoms with Gasteiger partial charge in [-0.2, -0.15) is 0 Å². The number of pyridine rings is 1. The Morgan fingerprint density at radius 2 is 1.73 bits per heavy atom. The van der Waals surface area contributed by atoms with Crippen molar-refractivity contribution in [2.45, 2.75) is 46.7 Å². The summed E-state index contributed by atoms with van der Waals surface area (Å²) in [6.07, 6.45) is 0. The van der Waals surface area contributed by atoms with Crippen LogP contribution in [0.15, 0.2) is 41.2 Å². The van der Waals surface area contributed by atoms with E-state index in [0.29, 0.717) is 19.0 Å². The van der Waals surface area contributed by atoms with Crippen LogP contribution in [-0.4, -0.2) is 11.1 Å². The van der Waals surface area contributed by atoms with E-state index in [1.54, 1.807) is 0 Å². The smallest absolute Gasteiger partial charge is 0.255 e. The van der Waals surface area contributed by atoms with Gasteiger partial charge in [-0.1, -0.05) is 51.1 Å². The lowest BCUT2D eigenvalue weighted by atomic mass is 10.0. The van der Waals surface area contributed by atoms with Gasteiger partial charge in [-0.05, 0) is 36.6 Å². The topological polar surface area (TPSA) is 34.0 Å². The molecular formula is C19H26N2O. The van der Waals surface area contributed by atoms with Crippen LogP contribution in [0, 0.1) is 0 Å². The van der Waals surface area contributed by atoms with E-state index < -0.39 is 0 Å². The van der Waals surface area contributed by atoms with Crippen molar-refractivity contribution in [3.05, 3.63) is 57.9 Å². The average Bonchev–Trinajstić information content (AvgIpc) is 2.53. The number of benzene rings is 1. The highest BCUT2D eigenvalue weighted by Gasteiger charge is 2.09. The van der Waals surface area contributed by atoms with Crippen LogP contribution in [0.5, 0.6) is 0 Å². The molecule has 1 N–H and O–H groups in total. The maximum absolute atomic E-state index is 12.6. The minimum atomic E-state index is 0.105. The summed E-state index contributed by atoms with van der Waals surface area (Å²) in [5.41, 5.74) is 4.33. The van der Waals surface area contributed by atoms with Gasteiger partial charge in [0.05, 0.1) is 5.69 Å². The Kier molecular flexibility index (Phi) is 5.56. The molecule has 3 nitrogen and oxygen atoms in total. The molecule has 0 radical (unpaired) electrons. The number of nitrogens with zero attached hydrogens (tertiary/aromatic N) is 1. The maximum atomic E-state index is 12.6. The highest BCUT2D eigenvalue weighted by molar-refractivity contribution is 5.60. The fourth-order valence-corrected chi connectivity index (χ4v) is 2.62. The largest absolute Gasteiger partial charge is 0.313 e. The molecule has 0 fully saturated rings. The monoisotopic (exact) mass is 298 g/mol. The molecular weight excluding hydrogens is 272 g/mol. The SMILES string of the molecule is CCNCc1ccc(-c2ccc(C(C)C)cc2)n(CC)c1=O. The number of hydrogen-bond donors (Lipinski definition) is 1. The molecule has 0 saturated heterocycles. The lowest BCUT2D eigenvalue weighted by Crippen LogP contribution is -2.27. The van der Waals surface area contributed by atoms with E-state index in [2.05, 4.69) is 49.5 Å². The van der Waals surface area contributed by atoms with Crippen molar-refractivity contribution in [3.63, 3.8) is 0 Å². The highest BCUT2D eigenvalue weighted by Crippen LogP contribution is 2.22. The first-order valence-electron chi connectivity index (χ1n) is 8.12. The van der Waals surface area contributed by atoms with Gasteiger partial charge in [-0.15, -0.1) is 0 Å². The molecule has 0 saturated carbocycles. The van der Waals surface area contributed by atoms with E-state index in [1.807, 2.05) is 24.5 Å². The van der Waals surface area contributed by atoms with E-state index in [9.17, 15) is 4.79 Å². The molecule has 0 aliphatic rings. The van der Waals surface area contributed by atoms with Crippen molar-refractivity contribution in [2.75, 3.05) is 6.54 Å². The second-order valence-electron chi connectivity index (χ2n) is 5.85. The minimum absolute atomic E-state index is 0.105. The van der Waals surface area contributed by atoms with E-state index in [-0.39, 0.29) is 5.56 Å². The first-order valence-corrected chi connectivity index (χ1v) is 8.12. The molecule has 1 aromatic carbocycles. The molecule has 118 valence electrons. The third-order valence-electron chi connectivity index (χ3n) is 4.01. The van der Waals surface area contributed by atoms with E-state index in [4.69, 9.17) is 0 Å². The van der Waals surface area contributed by atoms with Crippen LogP contribution in [0.2, 0.25) is 0 Å². The van der Waals surface area contributed by atoms with Gasteiger partial charge in [0.25, 0.3) is 5.56 Å². The Morgan fingerprint density at radius 3 is 2.27 bits per heavy atom. The predicted molar refractivity (Wildman–Crippen MR) is 93.3 cm³/mol. The Hall–Kier alpha value is -1.87. The summed E-state index contributed by atoms with van der Waals surface area (Å²) in [5.74, 6) is 0.518. The Balaban J connectivity index is 2.42. The molecule has 0 atom stereocenters. The second kappa shape index (κ2) is 7.41. The number of aromatic nitrogens is 1. The summed E-state index contributed by atoms with van der Waals surface area (Å²) in [6, 6.07) is 12.5. The molecule has 0 bridgehead atoms. The zero-order chi connectivity index (χ0) is 16.1. The molecule has 0 aliphatic heterocycles. The molecule has 22 heavy (non-hydrogen) atoms. The van der Waals surface area contributed by atoms with Crippen molar-refractivity contribution >= 4 is 0 Å². The lowest BCUT2D eigenvalue weighted by molar-refractivity contribution is 0.682. The van der Waals surface area contributed by atoms with Gasteiger partial charge in [-0.3, -0.25) is 4.79 Å².